The Kier molecular flexibility index (Phi) is 6.19. The molecular formula is C17H17N3O4. The first-order valence-corrected chi connectivity index (χ1v) is 7.31. The molecule has 24 heavy (non-hydrogen) atoms. The number of hydrogen-bond donors (Lipinski definition) is 2. The van der Waals surface area contributed by atoms with Gasteiger partial charge < -0.3 is 14.9 Å². The lowest BCUT2D eigenvalue weighted by atomic mass is 10.0. The third-order valence-corrected chi connectivity index (χ3v) is 3.41. The van der Waals surface area contributed by atoms with Gasteiger partial charge in [-0.05, 0) is 35.2 Å². The third-order valence-electron chi connectivity index (χ3n) is 3.41. The summed E-state index contributed by atoms with van der Waals surface area (Å²) >= 11 is 0. The lowest BCUT2D eigenvalue weighted by molar-refractivity contribution is -0.141. The second-order valence-electron chi connectivity index (χ2n) is 5.18. The molecule has 0 saturated carbocycles. The molecule has 7 heteroatoms. The molecule has 2 aromatic rings. The van der Waals surface area contributed by atoms with Crippen LogP contribution in [-0.2, 0) is 17.8 Å². The lowest BCUT2D eigenvalue weighted by Gasteiger charge is -2.14. The van der Waals surface area contributed by atoms with Gasteiger partial charge in [-0.3, -0.25) is 4.79 Å². The van der Waals surface area contributed by atoms with Crippen LogP contribution in [0.2, 0.25) is 0 Å². The molecule has 0 saturated heterocycles. The van der Waals surface area contributed by atoms with Gasteiger partial charge in [0.2, 0.25) is 0 Å². The maximum Gasteiger partial charge on any atom is 0.315 e. The van der Waals surface area contributed by atoms with Crippen molar-refractivity contribution in [3.63, 3.8) is 0 Å². The molecule has 0 amide bonds. The summed E-state index contributed by atoms with van der Waals surface area (Å²) in [5.41, 5.74) is 10.1. The number of aliphatic hydroxyl groups excluding tert-OH is 1. The molecule has 2 aromatic carbocycles. The molecule has 0 bridgehead atoms. The van der Waals surface area contributed by atoms with E-state index < -0.39 is 18.1 Å². The second-order valence-corrected chi connectivity index (χ2v) is 5.18. The Hall–Kier alpha value is -3.02. The quantitative estimate of drug-likeness (QED) is 0.440. The predicted molar refractivity (Wildman–Crippen MR) is 87.5 cm³/mol. The molecule has 0 heterocycles. The highest BCUT2D eigenvalue weighted by Crippen LogP contribution is 2.16. The summed E-state index contributed by atoms with van der Waals surface area (Å²) < 4.78 is 5.65. The normalized spacial score (nSPS) is 12.7. The predicted octanol–water partition coefficient (Wildman–Crippen LogP) is 2.93. The summed E-state index contributed by atoms with van der Waals surface area (Å²) in [5.74, 6) is -0.690. The third kappa shape index (κ3) is 5.01. The van der Waals surface area contributed by atoms with Crippen LogP contribution in [0.1, 0.15) is 11.1 Å². The minimum Gasteiger partial charge on any atom is -0.489 e. The van der Waals surface area contributed by atoms with Gasteiger partial charge in [-0.15, -0.1) is 0 Å². The summed E-state index contributed by atoms with van der Waals surface area (Å²) in [6.07, 6.45) is -1.23. The highest BCUT2D eigenvalue weighted by molar-refractivity contribution is 5.74. The van der Waals surface area contributed by atoms with Crippen LogP contribution in [0.3, 0.4) is 0 Å². The number of carbonyl (C=O) groups is 1. The minimum atomic E-state index is -1.51. The Morgan fingerprint density at radius 2 is 1.79 bits per heavy atom. The molecule has 2 rings (SSSR count). The van der Waals surface area contributed by atoms with Crippen molar-refractivity contribution in [3.05, 3.63) is 76.2 Å². The fourth-order valence-corrected chi connectivity index (χ4v) is 2.16. The molecule has 2 unspecified atom stereocenters. The van der Waals surface area contributed by atoms with Crippen molar-refractivity contribution in [3.8, 4) is 5.75 Å². The van der Waals surface area contributed by atoms with E-state index in [1.165, 1.54) is 0 Å². The lowest BCUT2D eigenvalue weighted by Crippen LogP contribution is -2.33. The first kappa shape index (κ1) is 17.3. The van der Waals surface area contributed by atoms with Gasteiger partial charge in [0.15, 0.2) is 6.04 Å². The van der Waals surface area contributed by atoms with E-state index in [1.54, 1.807) is 24.3 Å². The van der Waals surface area contributed by atoms with Crippen LogP contribution in [0.25, 0.3) is 10.4 Å². The zero-order valence-corrected chi connectivity index (χ0v) is 12.8. The fourth-order valence-electron chi connectivity index (χ4n) is 2.16. The van der Waals surface area contributed by atoms with Crippen molar-refractivity contribution in [1.82, 2.24) is 0 Å². The molecule has 124 valence electrons. The van der Waals surface area contributed by atoms with Crippen LogP contribution >= 0.6 is 0 Å². The molecule has 0 spiro atoms. The average Bonchev–Trinajstić information content (AvgIpc) is 2.59. The number of azide groups is 1. The van der Waals surface area contributed by atoms with E-state index in [0.717, 1.165) is 5.56 Å². The van der Waals surface area contributed by atoms with E-state index in [1.807, 2.05) is 30.3 Å². The number of aliphatic hydroxyl groups is 1. The van der Waals surface area contributed by atoms with Crippen LogP contribution in [0, 0.1) is 0 Å². The highest BCUT2D eigenvalue weighted by atomic mass is 16.5. The van der Waals surface area contributed by atoms with E-state index in [4.69, 9.17) is 15.4 Å². The van der Waals surface area contributed by atoms with Gasteiger partial charge in [0.1, 0.15) is 12.4 Å². The van der Waals surface area contributed by atoms with E-state index in [2.05, 4.69) is 10.0 Å². The average molecular weight is 327 g/mol. The van der Waals surface area contributed by atoms with Gasteiger partial charge in [0.25, 0.3) is 0 Å². The number of ether oxygens (including phenoxy) is 1. The number of carboxylic acid groups (broad SMARTS) is 1. The summed E-state index contributed by atoms with van der Waals surface area (Å²) in [6.45, 7) is 0.445. The Bertz CT molecular complexity index is 710. The van der Waals surface area contributed by atoms with Crippen molar-refractivity contribution in [2.75, 3.05) is 0 Å². The first-order chi connectivity index (χ1) is 11.6. The first-order valence-electron chi connectivity index (χ1n) is 7.31. The number of rotatable bonds is 8. The Balaban J connectivity index is 1.94. The maximum atomic E-state index is 11.0. The SMILES string of the molecule is [N-]=[N+]=NC(C(=O)O)C(O)Cc1ccc(OCc2ccccc2)cc1. The van der Waals surface area contributed by atoms with Crippen molar-refractivity contribution >= 4 is 5.97 Å². The number of hydrogen-bond acceptors (Lipinski definition) is 4. The highest BCUT2D eigenvalue weighted by Gasteiger charge is 2.25. The van der Waals surface area contributed by atoms with E-state index in [0.29, 0.717) is 17.9 Å². The number of nitrogens with zero attached hydrogens (tertiary/aromatic N) is 3. The van der Waals surface area contributed by atoms with Gasteiger partial charge >= 0.3 is 5.97 Å². The monoisotopic (exact) mass is 327 g/mol. The van der Waals surface area contributed by atoms with Crippen molar-refractivity contribution in [1.29, 1.82) is 0 Å². The van der Waals surface area contributed by atoms with Gasteiger partial charge in [0.05, 0.1) is 6.10 Å². The Morgan fingerprint density at radius 1 is 1.12 bits per heavy atom. The standard InChI is InChI=1S/C17H17N3O4/c18-20-19-16(17(22)23)15(21)10-12-6-8-14(9-7-12)24-11-13-4-2-1-3-5-13/h1-9,15-16,21H,10-11H2,(H,22,23). The summed E-state index contributed by atoms with van der Waals surface area (Å²) in [7, 11) is 0. The number of aliphatic carboxylic acids is 1. The van der Waals surface area contributed by atoms with Crippen molar-refractivity contribution in [2.24, 2.45) is 5.11 Å². The molecular weight excluding hydrogens is 310 g/mol. The largest absolute Gasteiger partial charge is 0.489 e. The zero-order chi connectivity index (χ0) is 17.4. The van der Waals surface area contributed by atoms with Crippen LogP contribution in [0.15, 0.2) is 59.7 Å². The molecule has 0 aromatic heterocycles. The van der Waals surface area contributed by atoms with Crippen LogP contribution in [0.4, 0.5) is 0 Å². The molecule has 0 aliphatic rings. The van der Waals surface area contributed by atoms with Crippen molar-refractivity contribution < 1.29 is 19.7 Å². The van der Waals surface area contributed by atoms with Gasteiger partial charge in [0, 0.05) is 4.91 Å². The van der Waals surface area contributed by atoms with Crippen LogP contribution in [0.5, 0.6) is 5.75 Å². The zero-order valence-electron chi connectivity index (χ0n) is 12.8. The van der Waals surface area contributed by atoms with Crippen LogP contribution < -0.4 is 4.74 Å². The van der Waals surface area contributed by atoms with Crippen molar-refractivity contribution in [2.45, 2.75) is 25.2 Å². The second kappa shape index (κ2) is 8.57. The molecule has 0 aliphatic heterocycles. The molecule has 2 atom stereocenters. The van der Waals surface area contributed by atoms with E-state index in [9.17, 15) is 9.90 Å². The van der Waals surface area contributed by atoms with Gasteiger partial charge in [-0.1, -0.05) is 47.6 Å². The smallest absolute Gasteiger partial charge is 0.315 e. The maximum absolute atomic E-state index is 11.0. The van der Waals surface area contributed by atoms with Crippen LogP contribution in [-0.4, -0.2) is 28.3 Å². The number of carboxylic acids is 1. The fraction of sp³-hybridized carbons (Fsp3) is 0.235. The molecule has 0 fully saturated rings. The summed E-state index contributed by atoms with van der Waals surface area (Å²) in [6, 6.07) is 15.2. The Morgan fingerprint density at radius 3 is 2.38 bits per heavy atom. The number of benzene rings is 2. The molecule has 0 aliphatic carbocycles. The molecule has 2 N–H and O–H groups in total. The van der Waals surface area contributed by atoms with E-state index in [-0.39, 0.29) is 6.42 Å². The van der Waals surface area contributed by atoms with Gasteiger partial charge in [-0.2, -0.15) is 0 Å². The van der Waals surface area contributed by atoms with Gasteiger partial charge in [-0.25, -0.2) is 0 Å². The topological polar surface area (TPSA) is 116 Å². The minimum absolute atomic E-state index is 0.0644. The summed E-state index contributed by atoms with van der Waals surface area (Å²) in [4.78, 5) is 13.4. The molecule has 0 radical (unpaired) electrons. The summed E-state index contributed by atoms with van der Waals surface area (Å²) in [5, 5.41) is 21.9. The Labute approximate surface area is 138 Å². The van der Waals surface area contributed by atoms with E-state index >= 15 is 0 Å². The molecule has 7 nitrogen and oxygen atoms in total.